The van der Waals surface area contributed by atoms with Gasteiger partial charge in [0.15, 0.2) is 12.4 Å². The fourth-order valence-corrected chi connectivity index (χ4v) is 3.38. The summed E-state index contributed by atoms with van der Waals surface area (Å²) in [5.41, 5.74) is 3.81. The third-order valence-electron chi connectivity index (χ3n) is 4.95. The highest BCUT2D eigenvalue weighted by atomic mass is 16.5. The summed E-state index contributed by atoms with van der Waals surface area (Å²) in [4.78, 5) is 36.1. The van der Waals surface area contributed by atoms with Gasteiger partial charge in [0.2, 0.25) is 0 Å². The van der Waals surface area contributed by atoms with E-state index in [9.17, 15) is 14.4 Å². The second-order valence-corrected chi connectivity index (χ2v) is 7.34. The van der Waals surface area contributed by atoms with Crippen LogP contribution >= 0.6 is 0 Å². The number of carbonyl (C=O) groups is 3. The minimum Gasteiger partial charge on any atom is -0.494 e. The minimum absolute atomic E-state index is 0.0282. The number of anilines is 1. The summed E-state index contributed by atoms with van der Waals surface area (Å²) in [6.07, 6.45) is 4.11. The highest BCUT2D eigenvalue weighted by molar-refractivity contribution is 5.98. The average Bonchev–Trinajstić information content (AvgIpc) is 3.23. The lowest BCUT2D eigenvalue weighted by molar-refractivity contribution is -0.147. The number of hydrogen-bond donors (Lipinski definition) is 1. The van der Waals surface area contributed by atoms with Gasteiger partial charge in [-0.05, 0) is 73.2 Å². The van der Waals surface area contributed by atoms with Crippen LogP contribution in [-0.4, -0.2) is 30.9 Å². The number of aryl methyl sites for hydroxylation is 2. The first-order valence-corrected chi connectivity index (χ1v) is 10.4. The Morgan fingerprint density at radius 3 is 2.50 bits per heavy atom. The Labute approximate surface area is 176 Å². The summed E-state index contributed by atoms with van der Waals surface area (Å²) in [5.74, 6) is -0.413. The van der Waals surface area contributed by atoms with E-state index in [0.29, 0.717) is 23.6 Å². The lowest BCUT2D eigenvalue weighted by Crippen LogP contribution is -2.21. The van der Waals surface area contributed by atoms with Crippen molar-refractivity contribution < 1.29 is 23.9 Å². The summed E-state index contributed by atoms with van der Waals surface area (Å²) in [7, 11) is 0. The smallest absolute Gasteiger partial charge is 0.306 e. The molecule has 0 unspecified atom stereocenters. The zero-order valence-corrected chi connectivity index (χ0v) is 17.2. The van der Waals surface area contributed by atoms with Gasteiger partial charge in [0.1, 0.15) is 5.75 Å². The monoisotopic (exact) mass is 409 g/mol. The molecule has 0 atom stereocenters. The molecule has 0 saturated carbocycles. The maximum atomic E-state index is 12.2. The summed E-state index contributed by atoms with van der Waals surface area (Å²) >= 11 is 0. The van der Waals surface area contributed by atoms with Crippen LogP contribution in [0.4, 0.5) is 5.69 Å². The molecule has 0 heterocycles. The van der Waals surface area contributed by atoms with Crippen molar-refractivity contribution >= 4 is 23.3 Å². The van der Waals surface area contributed by atoms with Crippen LogP contribution < -0.4 is 10.1 Å². The van der Waals surface area contributed by atoms with Crippen molar-refractivity contribution in [3.63, 3.8) is 0 Å². The van der Waals surface area contributed by atoms with Crippen LogP contribution in [0.3, 0.4) is 0 Å². The molecule has 0 fully saturated rings. The molecule has 30 heavy (non-hydrogen) atoms. The molecule has 158 valence electrons. The van der Waals surface area contributed by atoms with Gasteiger partial charge >= 0.3 is 5.97 Å². The number of carbonyl (C=O) groups excluding carboxylic acids is 3. The van der Waals surface area contributed by atoms with E-state index in [1.54, 1.807) is 24.3 Å². The SMILES string of the molecule is CCCOc1ccc(C(=O)CCC(=O)OCC(=O)Nc2ccc3c(c2)CCC3)cc1. The Balaban J connectivity index is 1.38. The zero-order chi connectivity index (χ0) is 21.3. The molecule has 0 bridgehead atoms. The molecule has 0 aliphatic heterocycles. The number of ketones is 1. The van der Waals surface area contributed by atoms with Crippen molar-refractivity contribution in [1.29, 1.82) is 0 Å². The summed E-state index contributed by atoms with van der Waals surface area (Å²) in [6, 6.07) is 12.7. The molecule has 6 heteroatoms. The highest BCUT2D eigenvalue weighted by Gasteiger charge is 2.14. The second kappa shape index (κ2) is 10.6. The van der Waals surface area contributed by atoms with E-state index < -0.39 is 11.9 Å². The number of Topliss-reactive ketones (excluding diaryl/α,β-unsaturated/α-hetero) is 1. The average molecular weight is 409 g/mol. The van der Waals surface area contributed by atoms with Gasteiger partial charge < -0.3 is 14.8 Å². The number of hydrogen-bond acceptors (Lipinski definition) is 5. The molecule has 0 spiro atoms. The van der Waals surface area contributed by atoms with E-state index in [-0.39, 0.29) is 25.2 Å². The fourth-order valence-electron chi connectivity index (χ4n) is 3.38. The predicted molar refractivity (Wildman–Crippen MR) is 114 cm³/mol. The Hall–Kier alpha value is -3.15. The van der Waals surface area contributed by atoms with E-state index in [4.69, 9.17) is 9.47 Å². The molecule has 3 rings (SSSR count). The van der Waals surface area contributed by atoms with Crippen molar-refractivity contribution in [3.05, 3.63) is 59.2 Å². The standard InChI is InChI=1S/C24H27NO5/c1-2-14-29-21-10-7-18(8-11-21)22(26)12-13-24(28)30-16-23(27)25-20-9-6-17-4-3-5-19(17)15-20/h6-11,15H,2-5,12-14,16H2,1H3,(H,25,27). The van der Waals surface area contributed by atoms with Gasteiger partial charge in [-0.3, -0.25) is 14.4 Å². The number of amides is 1. The van der Waals surface area contributed by atoms with Gasteiger partial charge in [0.25, 0.3) is 5.91 Å². The summed E-state index contributed by atoms with van der Waals surface area (Å²) < 4.78 is 10.5. The van der Waals surface area contributed by atoms with E-state index in [1.807, 2.05) is 25.1 Å². The van der Waals surface area contributed by atoms with Crippen LogP contribution in [0.2, 0.25) is 0 Å². The van der Waals surface area contributed by atoms with Crippen molar-refractivity contribution in [3.8, 4) is 5.75 Å². The maximum absolute atomic E-state index is 12.2. The molecule has 2 aromatic carbocycles. The van der Waals surface area contributed by atoms with Crippen molar-refractivity contribution in [2.75, 3.05) is 18.5 Å². The lowest BCUT2D eigenvalue weighted by atomic mass is 10.1. The second-order valence-electron chi connectivity index (χ2n) is 7.34. The first kappa shape index (κ1) is 21.6. The summed E-state index contributed by atoms with van der Waals surface area (Å²) in [5, 5.41) is 2.74. The first-order valence-electron chi connectivity index (χ1n) is 10.4. The van der Waals surface area contributed by atoms with Crippen LogP contribution in [0.15, 0.2) is 42.5 Å². The van der Waals surface area contributed by atoms with Crippen molar-refractivity contribution in [2.45, 2.75) is 45.4 Å². The molecule has 0 radical (unpaired) electrons. The van der Waals surface area contributed by atoms with Gasteiger partial charge in [-0.15, -0.1) is 0 Å². The predicted octanol–water partition coefficient (Wildman–Crippen LogP) is 4.11. The molecular weight excluding hydrogens is 382 g/mol. The number of ether oxygens (including phenoxy) is 2. The third kappa shape index (κ3) is 6.17. The van der Waals surface area contributed by atoms with Crippen molar-refractivity contribution in [1.82, 2.24) is 0 Å². The molecule has 0 saturated heterocycles. The van der Waals surface area contributed by atoms with Gasteiger partial charge in [0, 0.05) is 17.7 Å². The first-order chi connectivity index (χ1) is 14.5. The number of rotatable bonds is 10. The van der Waals surface area contributed by atoms with E-state index in [1.165, 1.54) is 11.1 Å². The van der Waals surface area contributed by atoms with E-state index >= 15 is 0 Å². The van der Waals surface area contributed by atoms with Gasteiger partial charge in [-0.1, -0.05) is 13.0 Å². The van der Waals surface area contributed by atoms with Gasteiger partial charge in [-0.2, -0.15) is 0 Å². The zero-order valence-electron chi connectivity index (χ0n) is 17.2. The van der Waals surface area contributed by atoms with E-state index in [0.717, 1.165) is 25.7 Å². The number of nitrogens with one attached hydrogen (secondary N) is 1. The van der Waals surface area contributed by atoms with Gasteiger partial charge in [-0.25, -0.2) is 0 Å². The van der Waals surface area contributed by atoms with Crippen LogP contribution in [0.1, 0.15) is 54.1 Å². The van der Waals surface area contributed by atoms with Gasteiger partial charge in [0.05, 0.1) is 13.0 Å². The Kier molecular flexibility index (Phi) is 7.60. The topological polar surface area (TPSA) is 81.7 Å². The largest absolute Gasteiger partial charge is 0.494 e. The molecular formula is C24H27NO5. The van der Waals surface area contributed by atoms with E-state index in [2.05, 4.69) is 5.32 Å². The molecule has 1 aliphatic carbocycles. The fraction of sp³-hybridized carbons (Fsp3) is 0.375. The lowest BCUT2D eigenvalue weighted by Gasteiger charge is -2.08. The number of fused-ring (bicyclic) bond motifs is 1. The Bertz CT molecular complexity index is 904. The quantitative estimate of drug-likeness (QED) is 0.472. The molecule has 2 aromatic rings. The van der Waals surface area contributed by atoms with Crippen LogP contribution in [0.5, 0.6) is 5.75 Å². The van der Waals surface area contributed by atoms with Crippen LogP contribution in [0, 0.1) is 0 Å². The Morgan fingerprint density at radius 2 is 1.73 bits per heavy atom. The maximum Gasteiger partial charge on any atom is 0.306 e. The summed E-state index contributed by atoms with van der Waals surface area (Å²) in [6.45, 7) is 2.28. The minimum atomic E-state index is -0.574. The van der Waals surface area contributed by atoms with Crippen molar-refractivity contribution in [2.24, 2.45) is 0 Å². The van der Waals surface area contributed by atoms with Crippen LogP contribution in [-0.2, 0) is 27.2 Å². The molecule has 1 aliphatic rings. The van der Waals surface area contributed by atoms with Crippen LogP contribution in [0.25, 0.3) is 0 Å². The molecule has 0 aromatic heterocycles. The number of esters is 1. The normalized spacial score (nSPS) is 12.2. The number of benzene rings is 2. The highest BCUT2D eigenvalue weighted by Crippen LogP contribution is 2.24. The molecule has 6 nitrogen and oxygen atoms in total. The third-order valence-corrected chi connectivity index (χ3v) is 4.95. The Morgan fingerprint density at radius 1 is 0.967 bits per heavy atom. The molecule has 1 N–H and O–H groups in total. The molecule has 1 amide bonds.